The second-order valence-electron chi connectivity index (χ2n) is 4.98. The minimum atomic E-state index is 0.834. The summed E-state index contributed by atoms with van der Waals surface area (Å²) in [7, 11) is 3.64. The monoisotopic (exact) mass is 281 g/mol. The molecule has 108 valence electrons. The van der Waals surface area contributed by atoms with E-state index in [4.69, 9.17) is 9.72 Å². The van der Waals surface area contributed by atoms with Crippen molar-refractivity contribution in [3.8, 4) is 17.1 Å². The third kappa shape index (κ3) is 2.76. The molecule has 0 unspecified atom stereocenters. The predicted octanol–water partition coefficient (Wildman–Crippen LogP) is 3.00. The molecule has 21 heavy (non-hydrogen) atoms. The van der Waals surface area contributed by atoms with Gasteiger partial charge in [0.05, 0.1) is 18.1 Å². The number of imidazole rings is 1. The van der Waals surface area contributed by atoms with Crippen molar-refractivity contribution in [1.29, 1.82) is 0 Å². The second kappa shape index (κ2) is 5.97. The summed E-state index contributed by atoms with van der Waals surface area (Å²) < 4.78 is 5.26. The number of aromatic nitrogens is 2. The van der Waals surface area contributed by atoms with Gasteiger partial charge in [-0.1, -0.05) is 24.3 Å². The van der Waals surface area contributed by atoms with E-state index in [-0.39, 0.29) is 0 Å². The highest BCUT2D eigenvalue weighted by Crippen LogP contribution is 2.26. The Morgan fingerprint density at radius 3 is 2.86 bits per heavy atom. The Bertz CT molecular complexity index is 749. The first-order chi connectivity index (χ1) is 10.3. The Hall–Kier alpha value is -2.33. The van der Waals surface area contributed by atoms with Gasteiger partial charge in [-0.15, -0.1) is 0 Å². The predicted molar refractivity (Wildman–Crippen MR) is 85.7 cm³/mol. The fraction of sp³-hybridized carbons (Fsp3) is 0.235. The molecule has 0 amide bonds. The summed E-state index contributed by atoms with van der Waals surface area (Å²) in [5.74, 6) is 1.74. The lowest BCUT2D eigenvalue weighted by Crippen LogP contribution is -2.10. The summed E-state index contributed by atoms with van der Waals surface area (Å²) in [4.78, 5) is 8.09. The Morgan fingerprint density at radius 1 is 1.19 bits per heavy atom. The number of nitrogens with zero attached hydrogens (tertiary/aromatic N) is 1. The lowest BCUT2D eigenvalue weighted by molar-refractivity contribution is 0.415. The first-order valence-electron chi connectivity index (χ1n) is 7.08. The molecule has 0 spiro atoms. The van der Waals surface area contributed by atoms with Gasteiger partial charge in [-0.05, 0) is 37.7 Å². The maximum atomic E-state index is 5.26. The van der Waals surface area contributed by atoms with Crippen LogP contribution in [0.5, 0.6) is 5.75 Å². The first-order valence-corrected chi connectivity index (χ1v) is 7.08. The molecule has 0 atom stereocenters. The van der Waals surface area contributed by atoms with Gasteiger partial charge < -0.3 is 15.0 Å². The molecule has 0 bridgehead atoms. The molecule has 0 fully saturated rings. The molecule has 4 heteroatoms. The molecule has 0 aliphatic rings. The van der Waals surface area contributed by atoms with Crippen LogP contribution in [0.3, 0.4) is 0 Å². The summed E-state index contributed by atoms with van der Waals surface area (Å²) in [5.41, 5.74) is 4.39. The zero-order valence-electron chi connectivity index (χ0n) is 12.3. The number of H-pyrrole nitrogens is 1. The molecule has 1 heterocycles. The lowest BCUT2D eigenvalue weighted by Gasteiger charge is -2.06. The van der Waals surface area contributed by atoms with Crippen LogP contribution in [0.4, 0.5) is 0 Å². The summed E-state index contributed by atoms with van der Waals surface area (Å²) >= 11 is 0. The van der Waals surface area contributed by atoms with E-state index < -0.39 is 0 Å². The van der Waals surface area contributed by atoms with E-state index in [2.05, 4.69) is 28.5 Å². The van der Waals surface area contributed by atoms with Crippen LogP contribution in [0.2, 0.25) is 0 Å². The van der Waals surface area contributed by atoms with Crippen molar-refractivity contribution in [1.82, 2.24) is 15.3 Å². The molecule has 4 nitrogen and oxygen atoms in total. The van der Waals surface area contributed by atoms with Gasteiger partial charge in [0.2, 0.25) is 0 Å². The van der Waals surface area contributed by atoms with Crippen LogP contribution in [0, 0.1) is 0 Å². The molecule has 2 N–H and O–H groups in total. The van der Waals surface area contributed by atoms with Crippen LogP contribution in [0.25, 0.3) is 22.4 Å². The molecule has 3 aromatic rings. The number of fused-ring (bicyclic) bond motifs is 1. The molecule has 0 saturated carbocycles. The summed E-state index contributed by atoms with van der Waals surface area (Å²) in [6, 6.07) is 14.3. The van der Waals surface area contributed by atoms with Crippen LogP contribution in [-0.2, 0) is 6.42 Å². The Balaban J connectivity index is 2.03. The summed E-state index contributed by atoms with van der Waals surface area (Å²) in [5, 5.41) is 3.19. The van der Waals surface area contributed by atoms with E-state index in [0.717, 1.165) is 41.1 Å². The topological polar surface area (TPSA) is 49.9 Å². The zero-order chi connectivity index (χ0) is 14.7. The minimum Gasteiger partial charge on any atom is -0.497 e. The summed E-state index contributed by atoms with van der Waals surface area (Å²) in [6.07, 6.45) is 0.979. The Labute approximate surface area is 124 Å². The Kier molecular flexibility index (Phi) is 3.88. The van der Waals surface area contributed by atoms with Crippen LogP contribution in [0.15, 0.2) is 42.5 Å². The lowest BCUT2D eigenvalue weighted by atomic mass is 10.0. The van der Waals surface area contributed by atoms with E-state index in [1.807, 2.05) is 31.3 Å². The first kappa shape index (κ1) is 13.6. The van der Waals surface area contributed by atoms with Gasteiger partial charge in [-0.2, -0.15) is 0 Å². The largest absolute Gasteiger partial charge is 0.497 e. The molecular weight excluding hydrogens is 262 g/mol. The van der Waals surface area contributed by atoms with Crippen molar-refractivity contribution in [2.75, 3.05) is 20.7 Å². The number of likely N-dealkylation sites (N-methyl/N-ethyl adjacent to an activating group) is 1. The average Bonchev–Trinajstić information content (AvgIpc) is 2.95. The molecule has 1 aromatic heterocycles. The number of ether oxygens (including phenoxy) is 1. The molecule has 0 aliphatic carbocycles. The van der Waals surface area contributed by atoms with Gasteiger partial charge in [0.15, 0.2) is 0 Å². The number of hydrogen-bond donors (Lipinski definition) is 2. The minimum absolute atomic E-state index is 0.834. The van der Waals surface area contributed by atoms with Crippen LogP contribution in [0.1, 0.15) is 5.56 Å². The van der Waals surface area contributed by atoms with Gasteiger partial charge in [0.25, 0.3) is 0 Å². The number of benzene rings is 2. The highest BCUT2D eigenvalue weighted by molar-refractivity contribution is 5.81. The number of aromatic amines is 1. The fourth-order valence-corrected chi connectivity index (χ4v) is 2.47. The van der Waals surface area contributed by atoms with Gasteiger partial charge in [0.1, 0.15) is 11.6 Å². The molecule has 2 aromatic carbocycles. The maximum Gasteiger partial charge on any atom is 0.138 e. The maximum absolute atomic E-state index is 5.26. The third-order valence-electron chi connectivity index (χ3n) is 3.61. The molecule has 3 rings (SSSR count). The van der Waals surface area contributed by atoms with Crippen molar-refractivity contribution < 1.29 is 4.74 Å². The standard InChI is InChI=1S/C17H19N3O/c1-18-10-9-12-5-3-4-6-14(12)17-19-15-8-7-13(21-2)11-16(15)20-17/h3-8,11,18H,9-10H2,1-2H3,(H,19,20). The second-order valence-corrected chi connectivity index (χ2v) is 4.98. The van der Waals surface area contributed by atoms with E-state index in [1.54, 1.807) is 7.11 Å². The number of rotatable bonds is 5. The molecular formula is C17H19N3O. The Morgan fingerprint density at radius 2 is 2.05 bits per heavy atom. The third-order valence-corrected chi connectivity index (χ3v) is 3.61. The molecule has 0 aliphatic heterocycles. The highest BCUT2D eigenvalue weighted by Gasteiger charge is 2.09. The van der Waals surface area contributed by atoms with Crippen molar-refractivity contribution in [3.05, 3.63) is 48.0 Å². The highest BCUT2D eigenvalue weighted by atomic mass is 16.5. The smallest absolute Gasteiger partial charge is 0.138 e. The van der Waals surface area contributed by atoms with Crippen molar-refractivity contribution in [2.24, 2.45) is 0 Å². The van der Waals surface area contributed by atoms with Crippen LogP contribution < -0.4 is 10.1 Å². The van der Waals surface area contributed by atoms with Crippen molar-refractivity contribution in [2.45, 2.75) is 6.42 Å². The van der Waals surface area contributed by atoms with E-state index in [1.165, 1.54) is 5.56 Å². The van der Waals surface area contributed by atoms with Crippen molar-refractivity contribution in [3.63, 3.8) is 0 Å². The van der Waals surface area contributed by atoms with E-state index in [9.17, 15) is 0 Å². The SMILES string of the molecule is CNCCc1ccccc1-c1nc2ccc(OC)cc2[nH]1. The zero-order valence-corrected chi connectivity index (χ0v) is 12.3. The van der Waals surface area contributed by atoms with Gasteiger partial charge in [0, 0.05) is 11.6 Å². The average molecular weight is 281 g/mol. The summed E-state index contributed by atoms with van der Waals surface area (Å²) in [6.45, 7) is 0.949. The quantitative estimate of drug-likeness (QED) is 0.756. The van der Waals surface area contributed by atoms with Crippen molar-refractivity contribution >= 4 is 11.0 Å². The molecule has 0 radical (unpaired) electrons. The molecule has 0 saturated heterocycles. The van der Waals surface area contributed by atoms with Crippen LogP contribution >= 0.6 is 0 Å². The number of nitrogens with one attached hydrogen (secondary N) is 2. The number of methoxy groups -OCH3 is 1. The van der Waals surface area contributed by atoms with E-state index in [0.29, 0.717) is 0 Å². The van der Waals surface area contributed by atoms with E-state index >= 15 is 0 Å². The van der Waals surface area contributed by atoms with Crippen LogP contribution in [-0.4, -0.2) is 30.7 Å². The van der Waals surface area contributed by atoms with Gasteiger partial charge in [-0.25, -0.2) is 4.98 Å². The number of hydrogen-bond acceptors (Lipinski definition) is 3. The fourth-order valence-electron chi connectivity index (χ4n) is 2.47. The van der Waals surface area contributed by atoms with Gasteiger partial charge >= 0.3 is 0 Å². The van der Waals surface area contributed by atoms with Gasteiger partial charge in [-0.3, -0.25) is 0 Å². The normalized spacial score (nSPS) is 11.0.